The lowest BCUT2D eigenvalue weighted by atomic mass is 9.69. The van der Waals surface area contributed by atoms with Gasteiger partial charge in [-0.05, 0) is 60.4 Å². The van der Waals surface area contributed by atoms with Gasteiger partial charge >= 0.3 is 0 Å². The SMILES string of the molecule is CC1(C)[C@@H]2CC[C@]13CS(=O)(=O)N(C(=O)C1CC(c4ccccc4)=NN1c1ccc(Br)cc1)[C@H]3C2. The highest BCUT2D eigenvalue weighted by molar-refractivity contribution is 9.10. The van der Waals surface area contributed by atoms with Crippen molar-refractivity contribution in [1.29, 1.82) is 0 Å². The van der Waals surface area contributed by atoms with Crippen molar-refractivity contribution in [2.75, 3.05) is 10.8 Å². The molecule has 1 amide bonds. The van der Waals surface area contributed by atoms with Crippen molar-refractivity contribution in [1.82, 2.24) is 4.31 Å². The Morgan fingerprint density at radius 3 is 2.47 bits per heavy atom. The van der Waals surface area contributed by atoms with Gasteiger partial charge in [-0.15, -0.1) is 0 Å². The molecule has 1 saturated heterocycles. The van der Waals surface area contributed by atoms with Crippen LogP contribution in [0.2, 0.25) is 0 Å². The van der Waals surface area contributed by atoms with Gasteiger partial charge in [0.25, 0.3) is 5.91 Å². The summed E-state index contributed by atoms with van der Waals surface area (Å²) in [5.74, 6) is 0.200. The van der Waals surface area contributed by atoms with Crippen molar-refractivity contribution in [2.24, 2.45) is 21.8 Å². The summed E-state index contributed by atoms with van der Waals surface area (Å²) in [6.45, 7) is 4.41. The van der Waals surface area contributed by atoms with Gasteiger partial charge in [0.2, 0.25) is 10.0 Å². The van der Waals surface area contributed by atoms with E-state index >= 15 is 0 Å². The zero-order valence-electron chi connectivity index (χ0n) is 19.3. The van der Waals surface area contributed by atoms with Crippen LogP contribution in [0.1, 0.15) is 45.1 Å². The average molecular weight is 542 g/mol. The number of benzene rings is 2. The van der Waals surface area contributed by atoms with Gasteiger partial charge in [-0.3, -0.25) is 9.80 Å². The van der Waals surface area contributed by atoms with Gasteiger partial charge in [0.05, 0.1) is 23.2 Å². The van der Waals surface area contributed by atoms with Crippen molar-refractivity contribution in [2.45, 2.75) is 51.6 Å². The van der Waals surface area contributed by atoms with Crippen LogP contribution in [0.5, 0.6) is 0 Å². The molecule has 2 aromatic carbocycles. The summed E-state index contributed by atoms with van der Waals surface area (Å²) in [5, 5.41) is 6.55. The van der Waals surface area contributed by atoms with Crippen molar-refractivity contribution in [3.05, 3.63) is 64.6 Å². The first-order valence-electron chi connectivity index (χ1n) is 11.9. The smallest absolute Gasteiger partial charge is 0.261 e. The first-order valence-corrected chi connectivity index (χ1v) is 14.3. The normalized spacial score (nSPS) is 32.7. The Morgan fingerprint density at radius 1 is 1.09 bits per heavy atom. The number of carbonyl (C=O) groups is 1. The van der Waals surface area contributed by atoms with Crippen LogP contribution >= 0.6 is 15.9 Å². The topological polar surface area (TPSA) is 70.0 Å². The zero-order chi connectivity index (χ0) is 23.9. The number of anilines is 1. The minimum Gasteiger partial charge on any atom is -0.271 e. The lowest BCUT2D eigenvalue weighted by Gasteiger charge is -2.37. The molecule has 4 atom stereocenters. The fourth-order valence-electron chi connectivity index (χ4n) is 7.07. The number of hydrazone groups is 1. The Kier molecular flexibility index (Phi) is 4.85. The van der Waals surface area contributed by atoms with Crippen LogP contribution in [-0.4, -0.2) is 42.2 Å². The molecule has 3 fully saturated rings. The van der Waals surface area contributed by atoms with Crippen molar-refractivity contribution in [3.63, 3.8) is 0 Å². The Balaban J connectivity index is 1.39. The fourth-order valence-corrected chi connectivity index (χ4v) is 9.90. The molecule has 2 aromatic rings. The number of rotatable bonds is 3. The number of hydrogen-bond donors (Lipinski definition) is 0. The van der Waals surface area contributed by atoms with E-state index in [9.17, 15) is 13.2 Å². The molecular weight excluding hydrogens is 514 g/mol. The van der Waals surface area contributed by atoms with Crippen LogP contribution in [0.4, 0.5) is 5.69 Å². The predicted octanol–water partition coefficient (Wildman–Crippen LogP) is 4.80. The third-order valence-electron chi connectivity index (χ3n) is 9.02. The van der Waals surface area contributed by atoms with Crippen LogP contribution in [0, 0.1) is 16.7 Å². The molecule has 2 heterocycles. The molecule has 1 unspecified atom stereocenters. The van der Waals surface area contributed by atoms with Gasteiger partial charge in [-0.2, -0.15) is 5.10 Å². The minimum atomic E-state index is -3.69. The number of fused-ring (bicyclic) bond motifs is 1. The van der Waals surface area contributed by atoms with E-state index in [2.05, 4.69) is 29.8 Å². The molecule has 0 aromatic heterocycles. The van der Waals surface area contributed by atoms with E-state index < -0.39 is 16.1 Å². The Bertz CT molecular complexity index is 1290. The van der Waals surface area contributed by atoms with E-state index in [1.807, 2.05) is 54.6 Å². The highest BCUT2D eigenvalue weighted by Crippen LogP contribution is 2.70. The highest BCUT2D eigenvalue weighted by Gasteiger charge is 2.72. The molecule has 34 heavy (non-hydrogen) atoms. The molecule has 6 nitrogen and oxygen atoms in total. The second kappa shape index (κ2) is 7.40. The third kappa shape index (κ3) is 3.00. The molecule has 8 heteroatoms. The Hall–Kier alpha value is -2.19. The van der Waals surface area contributed by atoms with Crippen LogP contribution in [-0.2, 0) is 14.8 Å². The van der Waals surface area contributed by atoms with E-state index in [-0.39, 0.29) is 28.5 Å². The minimum absolute atomic E-state index is 0.0768. The lowest BCUT2D eigenvalue weighted by molar-refractivity contribution is -0.130. The van der Waals surface area contributed by atoms with E-state index in [0.29, 0.717) is 12.3 Å². The van der Waals surface area contributed by atoms with Gasteiger partial charge in [0, 0.05) is 16.3 Å². The zero-order valence-corrected chi connectivity index (χ0v) is 21.7. The molecule has 6 rings (SSSR count). The maximum atomic E-state index is 14.1. The van der Waals surface area contributed by atoms with E-state index in [1.54, 1.807) is 5.01 Å². The van der Waals surface area contributed by atoms with Gasteiger partial charge in [0.15, 0.2) is 0 Å². The molecule has 4 aliphatic rings. The first kappa shape index (κ1) is 22.3. The van der Waals surface area contributed by atoms with Crippen molar-refractivity contribution < 1.29 is 13.2 Å². The second-order valence-corrected chi connectivity index (χ2v) is 13.5. The van der Waals surface area contributed by atoms with Crippen molar-refractivity contribution >= 4 is 43.3 Å². The van der Waals surface area contributed by atoms with Crippen LogP contribution in [0.25, 0.3) is 0 Å². The molecule has 2 aliphatic carbocycles. The van der Waals surface area contributed by atoms with Crippen LogP contribution in [0.3, 0.4) is 0 Å². The predicted molar refractivity (Wildman–Crippen MR) is 136 cm³/mol. The molecule has 0 radical (unpaired) electrons. The van der Waals surface area contributed by atoms with E-state index in [4.69, 9.17) is 5.10 Å². The highest BCUT2D eigenvalue weighted by atomic mass is 79.9. The molecular formula is C26H28BrN3O3S. The molecule has 0 N–H and O–H groups in total. The summed E-state index contributed by atoms with van der Waals surface area (Å²) in [4.78, 5) is 14.1. The second-order valence-electron chi connectivity index (χ2n) is 10.7. The summed E-state index contributed by atoms with van der Waals surface area (Å²) in [7, 11) is -3.69. The van der Waals surface area contributed by atoms with E-state index in [0.717, 1.165) is 40.7 Å². The first-order chi connectivity index (χ1) is 16.1. The lowest BCUT2D eigenvalue weighted by Crippen LogP contribution is -2.51. The molecule has 2 aliphatic heterocycles. The molecule has 2 bridgehead atoms. The molecule has 2 saturated carbocycles. The van der Waals surface area contributed by atoms with Crippen LogP contribution < -0.4 is 5.01 Å². The monoisotopic (exact) mass is 541 g/mol. The van der Waals surface area contributed by atoms with Gasteiger partial charge in [0.1, 0.15) is 6.04 Å². The number of halogens is 1. The Labute approximate surface area is 209 Å². The number of sulfonamides is 1. The standard InChI is InChI=1S/C26H28BrN3O3S/c1-25(2)18-12-13-26(25)16-34(32,33)30(23(26)14-18)24(31)22-15-21(17-6-4-3-5-7-17)28-29(22)20-10-8-19(27)9-11-20/h3-11,18,22-23H,12-16H2,1-2H3/t18-,22?,23+,26-/m1/s1. The fraction of sp³-hybridized carbons (Fsp3) is 0.462. The van der Waals surface area contributed by atoms with Gasteiger partial charge < -0.3 is 0 Å². The number of carbonyl (C=O) groups excluding carboxylic acids is 1. The maximum Gasteiger partial charge on any atom is 0.261 e. The van der Waals surface area contributed by atoms with Gasteiger partial charge in [-0.1, -0.05) is 60.1 Å². The Morgan fingerprint density at radius 2 is 1.79 bits per heavy atom. The summed E-state index contributed by atoms with van der Waals surface area (Å²) in [6.07, 6.45) is 3.08. The maximum absolute atomic E-state index is 14.1. The molecule has 1 spiro atoms. The average Bonchev–Trinajstić information content (AvgIpc) is 3.47. The van der Waals surface area contributed by atoms with E-state index in [1.165, 1.54) is 4.31 Å². The third-order valence-corrected chi connectivity index (χ3v) is 11.5. The van der Waals surface area contributed by atoms with Crippen LogP contribution in [0.15, 0.2) is 64.2 Å². The van der Waals surface area contributed by atoms with Gasteiger partial charge in [-0.25, -0.2) is 12.7 Å². The summed E-state index contributed by atoms with van der Waals surface area (Å²) >= 11 is 3.47. The summed E-state index contributed by atoms with van der Waals surface area (Å²) < 4.78 is 29.3. The largest absolute Gasteiger partial charge is 0.271 e. The summed E-state index contributed by atoms with van der Waals surface area (Å²) in [5.41, 5.74) is 2.10. The number of hydrogen-bond acceptors (Lipinski definition) is 5. The molecule has 178 valence electrons. The van der Waals surface area contributed by atoms with Crippen molar-refractivity contribution in [3.8, 4) is 0 Å². The quantitative estimate of drug-likeness (QED) is 0.559. The number of nitrogens with zero attached hydrogens (tertiary/aromatic N) is 3. The summed E-state index contributed by atoms with van der Waals surface area (Å²) in [6, 6.07) is 16.5. The number of amides is 1.